The Balaban J connectivity index is 1.74. The Bertz CT molecular complexity index is 843. The second-order valence-electron chi connectivity index (χ2n) is 7.06. The van der Waals surface area contributed by atoms with Crippen molar-refractivity contribution in [2.24, 2.45) is 16.6 Å². The van der Waals surface area contributed by atoms with Gasteiger partial charge < -0.3 is 10.6 Å². The average molecular weight is 372 g/mol. The summed E-state index contributed by atoms with van der Waals surface area (Å²) in [4.78, 5) is 19.9. The number of thioether (sulfide) groups is 1. The quantitative estimate of drug-likeness (QED) is 0.892. The maximum Gasteiger partial charge on any atom is 0.225 e. The van der Waals surface area contributed by atoms with E-state index in [2.05, 4.69) is 19.9 Å². The molecule has 0 amide bonds. The van der Waals surface area contributed by atoms with Gasteiger partial charge >= 0.3 is 0 Å². The largest absolute Gasteiger partial charge is 0.379 e. The van der Waals surface area contributed by atoms with Crippen LogP contribution in [0.2, 0.25) is 0 Å². The maximum atomic E-state index is 14.0. The fourth-order valence-electron chi connectivity index (χ4n) is 3.72. The number of hydrogen-bond acceptors (Lipinski definition) is 7. The number of rotatable bonds is 3. The van der Waals surface area contributed by atoms with Gasteiger partial charge in [0.1, 0.15) is 5.54 Å². The summed E-state index contributed by atoms with van der Waals surface area (Å²) in [6.07, 6.45) is 4.88. The van der Waals surface area contributed by atoms with Crippen LogP contribution in [-0.4, -0.2) is 39.0 Å². The second kappa shape index (κ2) is 6.50. The number of hydrogen-bond donors (Lipinski definition) is 1. The normalized spacial score (nSPS) is 25.3. The van der Waals surface area contributed by atoms with Gasteiger partial charge in [-0.05, 0) is 12.0 Å². The third kappa shape index (κ3) is 2.82. The molecule has 2 atom stereocenters. The highest BCUT2D eigenvalue weighted by Crippen LogP contribution is 2.45. The standard InChI is InChI=1S/C18H21FN6S/c1-11(2)15-14(19)7-22-17(23-15)25-8-13-9-26-16(20)24-18(13,10-25)12-4-3-5-21-6-12/h3-7,11,13H,8-10H2,1-2H3,(H2,20,24)/t13-,18+/m0/s1. The molecule has 0 saturated carbocycles. The van der Waals surface area contributed by atoms with E-state index in [9.17, 15) is 4.39 Å². The van der Waals surface area contributed by atoms with Gasteiger partial charge in [-0.25, -0.2) is 19.4 Å². The van der Waals surface area contributed by atoms with E-state index in [4.69, 9.17) is 10.7 Å². The number of pyridine rings is 1. The minimum absolute atomic E-state index is 0.00173. The first kappa shape index (κ1) is 17.2. The van der Waals surface area contributed by atoms with Gasteiger partial charge in [-0.3, -0.25) is 4.98 Å². The first-order valence-corrected chi connectivity index (χ1v) is 9.64. The number of anilines is 1. The van der Waals surface area contributed by atoms with Crippen LogP contribution in [0.1, 0.15) is 31.0 Å². The number of amidine groups is 1. The predicted octanol–water partition coefficient (Wildman–Crippen LogP) is 2.53. The Hall–Kier alpha value is -2.22. The van der Waals surface area contributed by atoms with Crippen LogP contribution in [0.25, 0.3) is 0 Å². The lowest BCUT2D eigenvalue weighted by Gasteiger charge is -2.34. The maximum absolute atomic E-state index is 14.0. The molecule has 0 spiro atoms. The van der Waals surface area contributed by atoms with E-state index in [1.165, 1.54) is 6.20 Å². The molecule has 0 unspecified atom stereocenters. The molecular weight excluding hydrogens is 351 g/mol. The molecule has 2 N–H and O–H groups in total. The van der Waals surface area contributed by atoms with Crippen molar-refractivity contribution < 1.29 is 4.39 Å². The third-order valence-corrected chi connectivity index (χ3v) is 6.00. The van der Waals surface area contributed by atoms with Crippen LogP contribution in [0.3, 0.4) is 0 Å². The van der Waals surface area contributed by atoms with Crippen molar-refractivity contribution in [1.29, 1.82) is 0 Å². The average Bonchev–Trinajstić information content (AvgIpc) is 3.02. The van der Waals surface area contributed by atoms with Gasteiger partial charge in [0.15, 0.2) is 11.0 Å². The fraction of sp³-hybridized carbons (Fsp3) is 0.444. The van der Waals surface area contributed by atoms with E-state index in [-0.39, 0.29) is 17.7 Å². The number of nitrogens with two attached hydrogens (primary N) is 1. The van der Waals surface area contributed by atoms with E-state index in [1.54, 1.807) is 18.0 Å². The second-order valence-corrected chi connectivity index (χ2v) is 8.10. The first-order chi connectivity index (χ1) is 12.5. The molecule has 2 aromatic rings. The lowest BCUT2D eigenvalue weighted by molar-refractivity contribution is 0.386. The predicted molar refractivity (Wildman–Crippen MR) is 102 cm³/mol. The molecule has 2 aliphatic rings. The van der Waals surface area contributed by atoms with Crippen LogP contribution in [0.5, 0.6) is 0 Å². The Kier molecular flexibility index (Phi) is 4.30. The van der Waals surface area contributed by atoms with Gasteiger partial charge in [-0.1, -0.05) is 31.7 Å². The molecule has 0 aliphatic carbocycles. The molecule has 2 aromatic heterocycles. The zero-order valence-electron chi connectivity index (χ0n) is 14.8. The Morgan fingerprint density at radius 1 is 1.38 bits per heavy atom. The number of fused-ring (bicyclic) bond motifs is 1. The molecule has 8 heteroatoms. The van der Waals surface area contributed by atoms with Crippen LogP contribution in [0.4, 0.5) is 10.3 Å². The summed E-state index contributed by atoms with van der Waals surface area (Å²) in [7, 11) is 0. The third-order valence-electron chi connectivity index (χ3n) is 5.04. The van der Waals surface area contributed by atoms with Crippen molar-refractivity contribution in [2.45, 2.75) is 25.3 Å². The van der Waals surface area contributed by atoms with Crippen molar-refractivity contribution in [1.82, 2.24) is 15.0 Å². The molecule has 136 valence electrons. The highest BCUT2D eigenvalue weighted by atomic mass is 32.2. The molecule has 0 aromatic carbocycles. The highest BCUT2D eigenvalue weighted by molar-refractivity contribution is 8.13. The Morgan fingerprint density at radius 2 is 2.23 bits per heavy atom. The van der Waals surface area contributed by atoms with Crippen LogP contribution < -0.4 is 10.6 Å². The number of aromatic nitrogens is 3. The number of nitrogens with zero attached hydrogens (tertiary/aromatic N) is 5. The van der Waals surface area contributed by atoms with Crippen LogP contribution in [0.15, 0.2) is 35.7 Å². The van der Waals surface area contributed by atoms with Gasteiger partial charge in [0.25, 0.3) is 0 Å². The minimum atomic E-state index is -0.459. The number of halogens is 1. The summed E-state index contributed by atoms with van der Waals surface area (Å²) in [5.41, 5.74) is 7.10. The molecule has 1 saturated heterocycles. The lowest BCUT2D eigenvalue weighted by atomic mass is 9.83. The van der Waals surface area contributed by atoms with E-state index in [0.717, 1.165) is 17.9 Å². The lowest BCUT2D eigenvalue weighted by Crippen LogP contribution is -2.40. The first-order valence-electron chi connectivity index (χ1n) is 8.65. The van der Waals surface area contributed by atoms with Crippen molar-refractivity contribution in [3.8, 4) is 0 Å². The Morgan fingerprint density at radius 3 is 2.96 bits per heavy atom. The molecule has 0 bridgehead atoms. The van der Waals surface area contributed by atoms with Gasteiger partial charge in [0, 0.05) is 36.2 Å². The summed E-state index contributed by atoms with van der Waals surface area (Å²) in [5.74, 6) is 1.32. The molecule has 26 heavy (non-hydrogen) atoms. The van der Waals surface area contributed by atoms with Gasteiger partial charge in [-0.15, -0.1) is 0 Å². The van der Waals surface area contributed by atoms with E-state index in [1.807, 2.05) is 32.2 Å². The molecule has 4 heterocycles. The topological polar surface area (TPSA) is 80.3 Å². The van der Waals surface area contributed by atoms with Crippen LogP contribution in [-0.2, 0) is 5.54 Å². The van der Waals surface area contributed by atoms with Crippen LogP contribution in [0, 0.1) is 11.7 Å². The molecule has 0 radical (unpaired) electrons. The zero-order valence-corrected chi connectivity index (χ0v) is 15.6. The highest BCUT2D eigenvalue weighted by Gasteiger charge is 2.51. The molecule has 2 aliphatic heterocycles. The van der Waals surface area contributed by atoms with Crippen molar-refractivity contribution in [3.05, 3.63) is 47.8 Å². The van der Waals surface area contributed by atoms with Crippen LogP contribution >= 0.6 is 11.8 Å². The summed E-state index contributed by atoms with van der Waals surface area (Å²) in [6.45, 7) is 5.21. The van der Waals surface area contributed by atoms with E-state index < -0.39 is 5.54 Å². The summed E-state index contributed by atoms with van der Waals surface area (Å²) in [6, 6.07) is 3.96. The molecule has 4 rings (SSSR count). The van der Waals surface area contributed by atoms with Crippen molar-refractivity contribution >= 4 is 22.9 Å². The van der Waals surface area contributed by atoms with E-state index >= 15 is 0 Å². The number of aliphatic imine (C=N–C) groups is 1. The van der Waals surface area contributed by atoms with E-state index in [0.29, 0.717) is 23.4 Å². The molecule has 6 nitrogen and oxygen atoms in total. The molecular formula is C18H21FN6S. The Labute approximate surface area is 156 Å². The monoisotopic (exact) mass is 372 g/mol. The summed E-state index contributed by atoms with van der Waals surface area (Å²) < 4.78 is 14.0. The molecule has 1 fully saturated rings. The van der Waals surface area contributed by atoms with Gasteiger partial charge in [-0.2, -0.15) is 0 Å². The summed E-state index contributed by atoms with van der Waals surface area (Å²) >= 11 is 1.58. The SMILES string of the molecule is CC(C)c1nc(N2C[C@H]3CSC(N)=N[C@@]3(c3cccnc3)C2)ncc1F. The van der Waals surface area contributed by atoms with Gasteiger partial charge in [0.05, 0.1) is 18.4 Å². The zero-order chi connectivity index (χ0) is 18.3. The summed E-state index contributed by atoms with van der Waals surface area (Å²) in [5, 5.41) is 0.592. The minimum Gasteiger partial charge on any atom is -0.379 e. The van der Waals surface area contributed by atoms with Gasteiger partial charge in [0.2, 0.25) is 5.95 Å². The smallest absolute Gasteiger partial charge is 0.225 e. The van der Waals surface area contributed by atoms with Crippen molar-refractivity contribution in [3.63, 3.8) is 0 Å². The van der Waals surface area contributed by atoms with Crippen molar-refractivity contribution in [2.75, 3.05) is 23.7 Å². The fourth-order valence-corrected chi connectivity index (χ4v) is 4.70.